The lowest BCUT2D eigenvalue weighted by Gasteiger charge is -2.02. The van der Waals surface area contributed by atoms with E-state index in [9.17, 15) is 9.59 Å². The molecular weight excluding hydrogens is 196 g/mol. The van der Waals surface area contributed by atoms with Gasteiger partial charge >= 0.3 is 11.5 Å². The maximum Gasteiger partial charge on any atom is 0.308 e. The number of para-hydroxylation sites is 1. The van der Waals surface area contributed by atoms with E-state index in [1.807, 2.05) is 0 Å². The van der Waals surface area contributed by atoms with Crippen LogP contribution in [0.2, 0.25) is 0 Å². The molecule has 0 fully saturated rings. The molecule has 0 bridgehead atoms. The van der Waals surface area contributed by atoms with E-state index in [4.69, 9.17) is 4.74 Å². The zero-order valence-corrected chi connectivity index (χ0v) is 7.98. The fourth-order valence-corrected chi connectivity index (χ4v) is 1.29. The summed E-state index contributed by atoms with van der Waals surface area (Å²) in [5.74, 6) is -0.537. The molecule has 0 radical (unpaired) electrons. The first-order valence-corrected chi connectivity index (χ1v) is 4.34. The summed E-state index contributed by atoms with van der Waals surface area (Å²) in [7, 11) is 0. The molecule has 5 nitrogen and oxygen atoms in total. The summed E-state index contributed by atoms with van der Waals surface area (Å²) in [5.41, 5.74) is 0.0669. The van der Waals surface area contributed by atoms with Crippen molar-refractivity contribution in [1.82, 2.24) is 10.2 Å². The number of hydrogen-bond donors (Lipinski definition) is 1. The smallest absolute Gasteiger partial charge is 0.308 e. The normalized spacial score (nSPS) is 10.2. The molecule has 0 aliphatic heterocycles. The predicted octanol–water partition coefficient (Wildman–Crippen LogP) is 0.848. The topological polar surface area (TPSA) is 72.1 Å². The minimum Gasteiger partial charge on any atom is -0.420 e. The fourth-order valence-electron chi connectivity index (χ4n) is 1.29. The minimum absolute atomic E-state index is 0.00639. The second-order valence-corrected chi connectivity index (χ2v) is 2.99. The van der Waals surface area contributed by atoms with Crippen LogP contribution in [0.5, 0.6) is 5.75 Å². The number of hydrogen-bond acceptors (Lipinski definition) is 4. The Hall–Kier alpha value is -2.17. The Morgan fingerprint density at radius 2 is 2.13 bits per heavy atom. The van der Waals surface area contributed by atoms with E-state index in [1.54, 1.807) is 24.3 Å². The van der Waals surface area contributed by atoms with Gasteiger partial charge < -0.3 is 4.74 Å². The molecule has 0 saturated heterocycles. The Balaban J connectivity index is 2.74. The number of benzene rings is 1. The molecule has 0 spiro atoms. The lowest BCUT2D eigenvalue weighted by molar-refractivity contribution is -0.131. The van der Waals surface area contributed by atoms with Crippen LogP contribution in [0.3, 0.4) is 0 Å². The van der Waals surface area contributed by atoms with Crippen LogP contribution in [0.25, 0.3) is 10.9 Å². The van der Waals surface area contributed by atoms with E-state index < -0.39 is 11.5 Å². The average molecular weight is 204 g/mol. The van der Waals surface area contributed by atoms with Crippen molar-refractivity contribution in [3.05, 3.63) is 34.6 Å². The highest BCUT2D eigenvalue weighted by molar-refractivity contribution is 5.86. The van der Waals surface area contributed by atoms with Gasteiger partial charge in [-0.05, 0) is 12.1 Å². The summed E-state index contributed by atoms with van der Waals surface area (Å²) in [5, 5.41) is 6.61. The highest BCUT2D eigenvalue weighted by Gasteiger charge is 2.09. The Labute approximate surface area is 84.7 Å². The summed E-state index contributed by atoms with van der Waals surface area (Å²) >= 11 is 0. The molecule has 0 saturated carbocycles. The van der Waals surface area contributed by atoms with Crippen LogP contribution in [-0.2, 0) is 4.79 Å². The number of aromatic amines is 1. The Morgan fingerprint density at radius 3 is 2.87 bits per heavy atom. The van der Waals surface area contributed by atoms with Gasteiger partial charge in [-0.2, -0.15) is 5.10 Å². The third-order valence-electron chi connectivity index (χ3n) is 1.88. The molecule has 0 amide bonds. The Bertz CT molecular complexity index is 574. The quantitative estimate of drug-likeness (QED) is 0.699. The molecular formula is C10H8N2O3. The Morgan fingerprint density at radius 1 is 1.40 bits per heavy atom. The summed E-state index contributed by atoms with van der Waals surface area (Å²) in [6, 6.07) is 6.93. The molecule has 1 aromatic carbocycles. The predicted molar refractivity (Wildman–Crippen MR) is 53.7 cm³/mol. The van der Waals surface area contributed by atoms with E-state index in [2.05, 4.69) is 10.2 Å². The molecule has 1 aromatic heterocycles. The molecule has 1 N–H and O–H groups in total. The number of carbonyl (C=O) groups is 1. The van der Waals surface area contributed by atoms with E-state index in [0.717, 1.165) is 0 Å². The fraction of sp³-hybridized carbons (Fsp3) is 0.100. The van der Waals surface area contributed by atoms with Gasteiger partial charge in [-0.3, -0.25) is 9.59 Å². The van der Waals surface area contributed by atoms with Crippen molar-refractivity contribution in [3.63, 3.8) is 0 Å². The molecule has 0 atom stereocenters. The summed E-state index contributed by atoms with van der Waals surface area (Å²) in [4.78, 5) is 22.2. The molecule has 0 aliphatic rings. The highest BCUT2D eigenvalue weighted by Crippen LogP contribution is 2.18. The first-order valence-electron chi connectivity index (χ1n) is 4.34. The molecule has 2 rings (SSSR count). The minimum atomic E-state index is -0.531. The van der Waals surface area contributed by atoms with Crippen LogP contribution in [0.15, 0.2) is 29.1 Å². The van der Waals surface area contributed by atoms with E-state index >= 15 is 0 Å². The molecule has 1 heterocycles. The molecule has 2 aromatic rings. The van der Waals surface area contributed by atoms with Gasteiger partial charge in [0.1, 0.15) is 0 Å². The maximum atomic E-state index is 11.4. The number of fused-ring (bicyclic) bond motifs is 1. The molecule has 5 heteroatoms. The van der Waals surface area contributed by atoms with Crippen LogP contribution in [0.4, 0.5) is 0 Å². The average Bonchev–Trinajstić information content (AvgIpc) is 2.22. The SMILES string of the molecule is CC(=O)Oc1c(=O)[nH]nc2ccccc12. The van der Waals surface area contributed by atoms with Gasteiger partial charge in [-0.15, -0.1) is 0 Å². The summed E-state index contributed by atoms with van der Waals surface area (Å²) < 4.78 is 4.84. The van der Waals surface area contributed by atoms with E-state index in [1.165, 1.54) is 6.92 Å². The molecule has 15 heavy (non-hydrogen) atoms. The Kier molecular flexibility index (Phi) is 2.21. The third kappa shape index (κ3) is 1.71. The first-order chi connectivity index (χ1) is 7.18. The maximum absolute atomic E-state index is 11.4. The van der Waals surface area contributed by atoms with Crippen molar-refractivity contribution >= 4 is 16.9 Å². The number of ether oxygens (including phenoxy) is 1. The van der Waals surface area contributed by atoms with Crippen molar-refractivity contribution in [2.24, 2.45) is 0 Å². The number of carbonyl (C=O) groups excluding carboxylic acids is 1. The van der Waals surface area contributed by atoms with Crippen LogP contribution in [-0.4, -0.2) is 16.2 Å². The van der Waals surface area contributed by atoms with Crippen molar-refractivity contribution in [1.29, 1.82) is 0 Å². The van der Waals surface area contributed by atoms with Gasteiger partial charge in [0.05, 0.1) is 10.9 Å². The second-order valence-electron chi connectivity index (χ2n) is 2.99. The first kappa shape index (κ1) is 9.39. The van der Waals surface area contributed by atoms with Gasteiger partial charge in [0, 0.05) is 6.92 Å². The van der Waals surface area contributed by atoms with Gasteiger partial charge in [-0.1, -0.05) is 12.1 Å². The zero-order chi connectivity index (χ0) is 10.8. The van der Waals surface area contributed by atoms with Gasteiger partial charge in [0.25, 0.3) is 0 Å². The van der Waals surface area contributed by atoms with Gasteiger partial charge in [0.15, 0.2) is 0 Å². The lowest BCUT2D eigenvalue weighted by atomic mass is 10.2. The van der Waals surface area contributed by atoms with Crippen LogP contribution >= 0.6 is 0 Å². The monoisotopic (exact) mass is 204 g/mol. The van der Waals surface area contributed by atoms with Crippen LogP contribution in [0.1, 0.15) is 6.92 Å². The van der Waals surface area contributed by atoms with Crippen molar-refractivity contribution < 1.29 is 9.53 Å². The zero-order valence-electron chi connectivity index (χ0n) is 7.98. The number of nitrogens with one attached hydrogen (secondary N) is 1. The van der Waals surface area contributed by atoms with Crippen LogP contribution in [0, 0.1) is 0 Å². The van der Waals surface area contributed by atoms with Crippen molar-refractivity contribution in [2.75, 3.05) is 0 Å². The van der Waals surface area contributed by atoms with Crippen molar-refractivity contribution in [2.45, 2.75) is 6.92 Å². The summed E-state index contributed by atoms with van der Waals surface area (Å²) in [6.45, 7) is 1.24. The number of rotatable bonds is 1. The molecule has 0 aliphatic carbocycles. The number of H-pyrrole nitrogens is 1. The third-order valence-corrected chi connectivity index (χ3v) is 1.88. The largest absolute Gasteiger partial charge is 0.420 e. The summed E-state index contributed by atoms with van der Waals surface area (Å²) in [6.07, 6.45) is 0. The van der Waals surface area contributed by atoms with E-state index in [-0.39, 0.29) is 5.75 Å². The van der Waals surface area contributed by atoms with Crippen molar-refractivity contribution in [3.8, 4) is 5.75 Å². The second kappa shape index (κ2) is 3.53. The molecule has 0 unspecified atom stereocenters. The molecule has 76 valence electrons. The highest BCUT2D eigenvalue weighted by atomic mass is 16.5. The number of nitrogens with zero attached hydrogens (tertiary/aromatic N) is 1. The van der Waals surface area contributed by atoms with Gasteiger partial charge in [0.2, 0.25) is 5.75 Å². The lowest BCUT2D eigenvalue weighted by Crippen LogP contribution is -2.15. The van der Waals surface area contributed by atoms with Gasteiger partial charge in [-0.25, -0.2) is 5.10 Å². The standard InChI is InChI=1S/C10H8N2O3/c1-6(13)15-9-7-4-2-3-5-8(7)11-12-10(9)14/h2-5H,1H3,(H,12,14). The number of aromatic nitrogens is 2. The van der Waals surface area contributed by atoms with Crippen LogP contribution < -0.4 is 10.3 Å². The number of esters is 1. The van der Waals surface area contributed by atoms with E-state index in [0.29, 0.717) is 10.9 Å².